The zero-order valence-electron chi connectivity index (χ0n) is 16.9. The molecular weight excluding hydrogens is 344 g/mol. The first kappa shape index (κ1) is 20.6. The highest BCUT2D eigenvalue weighted by atomic mass is 16.5. The number of aryl methyl sites for hydroxylation is 2. The van der Waals surface area contributed by atoms with E-state index in [4.69, 9.17) is 14.0 Å². The standard InChI is InChI=1S/C20H30N4O3/c1-6-17-16(18(7-2)27-24-17)13-23-20(21-3)22-11-10-14-12-15(25-4)8-9-19(14)26-5/h8-9,12H,6-7,10-11,13H2,1-5H3,(H2,21,22,23). The summed E-state index contributed by atoms with van der Waals surface area (Å²) in [5.74, 6) is 3.34. The number of nitrogens with one attached hydrogen (secondary N) is 2. The number of methoxy groups -OCH3 is 2. The van der Waals surface area contributed by atoms with Crippen LogP contribution in [0.3, 0.4) is 0 Å². The van der Waals surface area contributed by atoms with E-state index in [9.17, 15) is 0 Å². The molecule has 0 amide bonds. The molecule has 0 aliphatic carbocycles. The topological polar surface area (TPSA) is 80.9 Å². The molecule has 7 heteroatoms. The lowest BCUT2D eigenvalue weighted by Gasteiger charge is -2.14. The molecule has 0 bridgehead atoms. The highest BCUT2D eigenvalue weighted by molar-refractivity contribution is 5.79. The van der Waals surface area contributed by atoms with E-state index in [1.807, 2.05) is 18.2 Å². The van der Waals surface area contributed by atoms with Crippen LogP contribution >= 0.6 is 0 Å². The number of aliphatic imine (C=N–C) groups is 1. The number of ether oxygens (including phenoxy) is 2. The van der Waals surface area contributed by atoms with Gasteiger partial charge in [-0.25, -0.2) is 0 Å². The predicted molar refractivity (Wildman–Crippen MR) is 107 cm³/mol. The molecule has 0 radical (unpaired) electrons. The van der Waals surface area contributed by atoms with Gasteiger partial charge in [0.1, 0.15) is 17.3 Å². The molecule has 2 N–H and O–H groups in total. The van der Waals surface area contributed by atoms with Crippen molar-refractivity contribution in [2.75, 3.05) is 27.8 Å². The minimum absolute atomic E-state index is 0.637. The van der Waals surface area contributed by atoms with Gasteiger partial charge in [0.2, 0.25) is 0 Å². The average molecular weight is 374 g/mol. The Morgan fingerprint density at radius 3 is 2.59 bits per heavy atom. The van der Waals surface area contributed by atoms with Gasteiger partial charge in [-0.1, -0.05) is 19.0 Å². The number of guanidine groups is 1. The first-order valence-corrected chi connectivity index (χ1v) is 9.28. The second-order valence-corrected chi connectivity index (χ2v) is 6.02. The smallest absolute Gasteiger partial charge is 0.191 e. The van der Waals surface area contributed by atoms with Gasteiger partial charge in [0.05, 0.1) is 19.9 Å². The van der Waals surface area contributed by atoms with Crippen molar-refractivity contribution in [1.29, 1.82) is 0 Å². The average Bonchev–Trinajstić information content (AvgIpc) is 3.12. The van der Waals surface area contributed by atoms with Crippen molar-refractivity contribution >= 4 is 5.96 Å². The third-order valence-corrected chi connectivity index (χ3v) is 4.44. The number of benzene rings is 1. The maximum Gasteiger partial charge on any atom is 0.191 e. The van der Waals surface area contributed by atoms with Crippen LogP contribution in [0.25, 0.3) is 0 Å². The van der Waals surface area contributed by atoms with Crippen LogP contribution < -0.4 is 20.1 Å². The third-order valence-electron chi connectivity index (χ3n) is 4.44. The fraction of sp³-hybridized carbons (Fsp3) is 0.500. The van der Waals surface area contributed by atoms with Gasteiger partial charge in [-0.2, -0.15) is 0 Å². The van der Waals surface area contributed by atoms with Gasteiger partial charge in [-0.3, -0.25) is 4.99 Å². The summed E-state index contributed by atoms with van der Waals surface area (Å²) in [5.41, 5.74) is 3.20. The Morgan fingerprint density at radius 2 is 1.96 bits per heavy atom. The zero-order chi connectivity index (χ0) is 19.6. The lowest BCUT2D eigenvalue weighted by Crippen LogP contribution is -2.38. The molecule has 148 valence electrons. The van der Waals surface area contributed by atoms with Crippen molar-refractivity contribution in [1.82, 2.24) is 15.8 Å². The summed E-state index contributed by atoms with van der Waals surface area (Å²) in [6.45, 7) is 5.50. The molecule has 27 heavy (non-hydrogen) atoms. The Kier molecular flexibility index (Phi) is 7.98. The van der Waals surface area contributed by atoms with Crippen LogP contribution in [0.15, 0.2) is 27.7 Å². The predicted octanol–water partition coefficient (Wildman–Crippen LogP) is 2.72. The molecule has 0 aliphatic rings. The molecule has 2 aromatic rings. The highest BCUT2D eigenvalue weighted by Crippen LogP contribution is 2.24. The first-order chi connectivity index (χ1) is 13.2. The Morgan fingerprint density at radius 1 is 1.15 bits per heavy atom. The van der Waals surface area contributed by atoms with E-state index in [1.165, 1.54) is 0 Å². The lowest BCUT2D eigenvalue weighted by atomic mass is 10.1. The fourth-order valence-corrected chi connectivity index (χ4v) is 2.92. The van der Waals surface area contributed by atoms with Gasteiger partial charge in [-0.05, 0) is 36.6 Å². The van der Waals surface area contributed by atoms with E-state index in [2.05, 4.69) is 34.6 Å². The van der Waals surface area contributed by atoms with Crippen molar-refractivity contribution in [3.63, 3.8) is 0 Å². The summed E-state index contributed by atoms with van der Waals surface area (Å²) < 4.78 is 16.1. The molecule has 0 fully saturated rings. The van der Waals surface area contributed by atoms with E-state index in [0.29, 0.717) is 13.1 Å². The molecule has 2 rings (SSSR count). The molecule has 0 aliphatic heterocycles. The highest BCUT2D eigenvalue weighted by Gasteiger charge is 2.13. The Balaban J connectivity index is 1.92. The number of nitrogens with zero attached hydrogens (tertiary/aromatic N) is 2. The largest absolute Gasteiger partial charge is 0.497 e. The molecule has 1 aromatic carbocycles. The first-order valence-electron chi connectivity index (χ1n) is 9.28. The van der Waals surface area contributed by atoms with Crippen molar-refractivity contribution in [3.05, 3.63) is 40.8 Å². The summed E-state index contributed by atoms with van der Waals surface area (Å²) in [4.78, 5) is 4.29. The van der Waals surface area contributed by atoms with E-state index in [1.54, 1.807) is 21.3 Å². The molecule has 0 saturated heterocycles. The van der Waals surface area contributed by atoms with E-state index >= 15 is 0 Å². The summed E-state index contributed by atoms with van der Waals surface area (Å²) in [6.07, 6.45) is 2.46. The molecule has 0 spiro atoms. The second-order valence-electron chi connectivity index (χ2n) is 6.02. The summed E-state index contributed by atoms with van der Waals surface area (Å²) in [6, 6.07) is 5.81. The monoisotopic (exact) mass is 374 g/mol. The molecule has 0 unspecified atom stereocenters. The number of hydrogen-bond acceptors (Lipinski definition) is 5. The van der Waals surface area contributed by atoms with Crippen molar-refractivity contribution in [2.45, 2.75) is 39.7 Å². The lowest BCUT2D eigenvalue weighted by molar-refractivity contribution is 0.380. The number of aromatic nitrogens is 1. The van der Waals surface area contributed by atoms with Gasteiger partial charge < -0.3 is 24.6 Å². The Labute approximate surface area is 161 Å². The van der Waals surface area contributed by atoms with Crippen LogP contribution in [0.4, 0.5) is 0 Å². The molecule has 0 saturated carbocycles. The van der Waals surface area contributed by atoms with Gasteiger partial charge >= 0.3 is 0 Å². The van der Waals surface area contributed by atoms with E-state index < -0.39 is 0 Å². The van der Waals surface area contributed by atoms with E-state index in [-0.39, 0.29) is 0 Å². The maximum atomic E-state index is 5.43. The molecule has 0 atom stereocenters. The SMILES string of the molecule is CCc1noc(CC)c1CNC(=NC)NCCc1cc(OC)ccc1OC. The second kappa shape index (κ2) is 10.4. The van der Waals surface area contributed by atoms with Crippen molar-refractivity contribution < 1.29 is 14.0 Å². The van der Waals surface area contributed by atoms with Crippen LogP contribution in [-0.4, -0.2) is 38.9 Å². The molecule has 7 nitrogen and oxygen atoms in total. The summed E-state index contributed by atoms with van der Waals surface area (Å²) in [5, 5.41) is 10.8. The van der Waals surface area contributed by atoms with Crippen molar-refractivity contribution in [2.24, 2.45) is 4.99 Å². The summed E-state index contributed by atoms with van der Waals surface area (Å²) >= 11 is 0. The van der Waals surface area contributed by atoms with Gasteiger partial charge in [0.25, 0.3) is 0 Å². The molecule has 1 heterocycles. The van der Waals surface area contributed by atoms with Crippen LogP contribution in [0, 0.1) is 0 Å². The normalized spacial score (nSPS) is 11.4. The number of rotatable bonds is 9. The number of hydrogen-bond donors (Lipinski definition) is 2. The van der Waals surface area contributed by atoms with E-state index in [0.717, 1.165) is 59.3 Å². The van der Waals surface area contributed by atoms with Crippen LogP contribution in [0.1, 0.15) is 36.4 Å². The minimum atomic E-state index is 0.637. The summed E-state index contributed by atoms with van der Waals surface area (Å²) in [7, 11) is 5.10. The van der Waals surface area contributed by atoms with Gasteiger partial charge in [-0.15, -0.1) is 0 Å². The Hall–Kier alpha value is -2.70. The van der Waals surface area contributed by atoms with Crippen molar-refractivity contribution in [3.8, 4) is 11.5 Å². The maximum absolute atomic E-state index is 5.43. The van der Waals surface area contributed by atoms with Gasteiger partial charge in [0.15, 0.2) is 5.96 Å². The molecule has 1 aromatic heterocycles. The zero-order valence-corrected chi connectivity index (χ0v) is 16.9. The van der Waals surface area contributed by atoms with Gasteiger partial charge in [0, 0.05) is 32.1 Å². The van der Waals surface area contributed by atoms with Crippen LogP contribution in [-0.2, 0) is 25.8 Å². The Bertz CT molecular complexity index is 734. The minimum Gasteiger partial charge on any atom is -0.497 e. The fourth-order valence-electron chi connectivity index (χ4n) is 2.92. The molecular formula is C20H30N4O3. The third kappa shape index (κ3) is 5.39. The van der Waals surface area contributed by atoms with Crippen LogP contribution in [0.2, 0.25) is 0 Å². The quantitative estimate of drug-likeness (QED) is 0.519. The van der Waals surface area contributed by atoms with Crippen LogP contribution in [0.5, 0.6) is 11.5 Å².